The fourth-order valence-corrected chi connectivity index (χ4v) is 4.85. The molecule has 0 atom stereocenters. The number of ether oxygens (including phenoxy) is 1. The van der Waals surface area contributed by atoms with Gasteiger partial charge in [0.25, 0.3) is 0 Å². The van der Waals surface area contributed by atoms with Gasteiger partial charge in [-0.2, -0.15) is 0 Å². The Balaban J connectivity index is 1.99. The molecule has 1 amide bonds. The number of hydrogen-bond acceptors (Lipinski definition) is 6. The first-order valence-electron chi connectivity index (χ1n) is 10.7. The van der Waals surface area contributed by atoms with E-state index in [0.29, 0.717) is 41.7 Å². The molecule has 1 aromatic heterocycles. The fraction of sp³-hybridized carbons (Fsp3) is 0.727. The molecular formula is C22H37N3O3S. The van der Waals surface area contributed by atoms with Crippen LogP contribution in [0, 0.1) is 5.92 Å². The van der Waals surface area contributed by atoms with Crippen molar-refractivity contribution in [2.75, 3.05) is 38.6 Å². The summed E-state index contributed by atoms with van der Waals surface area (Å²) in [5, 5.41) is 5.54. The average Bonchev–Trinajstić information content (AvgIpc) is 3.03. The first kappa shape index (κ1) is 23.8. The molecule has 1 aliphatic heterocycles. The number of carbonyl (C=O) groups excluding carboxylic acids is 2. The summed E-state index contributed by atoms with van der Waals surface area (Å²) < 4.78 is 5.24. The van der Waals surface area contributed by atoms with Gasteiger partial charge in [-0.15, -0.1) is 11.3 Å². The summed E-state index contributed by atoms with van der Waals surface area (Å²) in [6.45, 7) is 13.3. The molecule has 29 heavy (non-hydrogen) atoms. The number of carbonyl (C=O) groups is 2. The summed E-state index contributed by atoms with van der Waals surface area (Å²) in [6, 6.07) is 0.991. The Kier molecular flexibility index (Phi) is 9.11. The molecule has 0 bridgehead atoms. The van der Waals surface area contributed by atoms with E-state index < -0.39 is 0 Å². The fourth-order valence-electron chi connectivity index (χ4n) is 3.87. The second-order valence-electron chi connectivity index (χ2n) is 8.61. The maximum absolute atomic E-state index is 12.7. The monoisotopic (exact) mass is 423 g/mol. The maximum atomic E-state index is 12.7. The van der Waals surface area contributed by atoms with Crippen molar-refractivity contribution in [2.24, 2.45) is 5.92 Å². The number of hydrogen-bond donors (Lipinski definition) is 1. The molecule has 0 radical (unpaired) electrons. The van der Waals surface area contributed by atoms with Gasteiger partial charge in [-0.1, -0.05) is 13.8 Å². The summed E-state index contributed by atoms with van der Waals surface area (Å²) in [7, 11) is 2.01. The zero-order chi connectivity index (χ0) is 21.6. The van der Waals surface area contributed by atoms with Crippen LogP contribution in [0.15, 0.2) is 5.38 Å². The van der Waals surface area contributed by atoms with E-state index in [4.69, 9.17) is 4.74 Å². The van der Waals surface area contributed by atoms with Crippen LogP contribution in [-0.2, 0) is 16.0 Å². The summed E-state index contributed by atoms with van der Waals surface area (Å²) in [4.78, 5) is 29.8. The van der Waals surface area contributed by atoms with Crippen LogP contribution >= 0.6 is 11.3 Å². The molecule has 1 saturated heterocycles. The van der Waals surface area contributed by atoms with Gasteiger partial charge in [0, 0.05) is 12.1 Å². The van der Waals surface area contributed by atoms with Crippen molar-refractivity contribution in [2.45, 2.75) is 66.0 Å². The lowest BCUT2D eigenvalue weighted by Gasteiger charge is -2.38. The number of likely N-dealkylation sites (N-methyl/N-ethyl adjacent to an activating group) is 1. The number of esters is 1. The largest absolute Gasteiger partial charge is 0.462 e. The summed E-state index contributed by atoms with van der Waals surface area (Å²) in [5.74, 6) is -0.0134. The standard InChI is InChI=1S/C22H37N3O3S/c1-7-28-22(27)20-17(12-15(2)3)14-29-21(20)23-19(26)13-24(6)18-8-10-25(11-9-18)16(4)5/h14-16,18H,7-13H2,1-6H3,(H,23,26). The predicted molar refractivity (Wildman–Crippen MR) is 120 cm³/mol. The molecule has 2 rings (SSSR count). The lowest BCUT2D eigenvalue weighted by Crippen LogP contribution is -2.47. The third-order valence-corrected chi connectivity index (χ3v) is 6.42. The van der Waals surface area contributed by atoms with E-state index in [1.54, 1.807) is 6.92 Å². The van der Waals surface area contributed by atoms with E-state index in [-0.39, 0.29) is 11.9 Å². The van der Waals surface area contributed by atoms with E-state index in [9.17, 15) is 9.59 Å². The highest BCUT2D eigenvalue weighted by molar-refractivity contribution is 7.15. The molecule has 0 aromatic carbocycles. The van der Waals surface area contributed by atoms with E-state index >= 15 is 0 Å². The van der Waals surface area contributed by atoms with Crippen molar-refractivity contribution in [3.05, 3.63) is 16.5 Å². The molecule has 1 aromatic rings. The molecule has 2 heterocycles. The van der Waals surface area contributed by atoms with Crippen molar-refractivity contribution in [1.82, 2.24) is 9.80 Å². The van der Waals surface area contributed by atoms with Crippen LogP contribution < -0.4 is 5.32 Å². The highest BCUT2D eigenvalue weighted by Gasteiger charge is 2.26. The first-order chi connectivity index (χ1) is 13.7. The molecule has 1 N–H and O–H groups in total. The lowest BCUT2D eigenvalue weighted by molar-refractivity contribution is -0.117. The molecular weight excluding hydrogens is 386 g/mol. The zero-order valence-electron chi connectivity index (χ0n) is 18.8. The minimum absolute atomic E-state index is 0.0812. The second kappa shape index (κ2) is 11.1. The number of likely N-dealkylation sites (tertiary alicyclic amines) is 1. The molecule has 7 heteroatoms. The van der Waals surface area contributed by atoms with E-state index in [1.807, 2.05) is 12.4 Å². The number of piperidine rings is 1. The number of nitrogens with one attached hydrogen (secondary N) is 1. The maximum Gasteiger partial charge on any atom is 0.341 e. The number of anilines is 1. The number of thiophene rings is 1. The van der Waals surface area contributed by atoms with Crippen molar-refractivity contribution in [3.63, 3.8) is 0 Å². The Morgan fingerprint density at radius 1 is 1.28 bits per heavy atom. The van der Waals surface area contributed by atoms with Crippen LogP contribution in [0.3, 0.4) is 0 Å². The smallest absolute Gasteiger partial charge is 0.341 e. The SMILES string of the molecule is CCOC(=O)c1c(CC(C)C)csc1NC(=O)CN(C)C1CCN(C(C)C)CC1. The number of rotatable bonds is 9. The molecule has 0 saturated carbocycles. The van der Waals surface area contributed by atoms with Gasteiger partial charge in [0.05, 0.1) is 18.7 Å². The van der Waals surface area contributed by atoms with Crippen molar-refractivity contribution >= 4 is 28.2 Å². The number of nitrogens with zero attached hydrogens (tertiary/aromatic N) is 2. The lowest BCUT2D eigenvalue weighted by atomic mass is 10.0. The van der Waals surface area contributed by atoms with E-state index in [2.05, 4.69) is 42.8 Å². The van der Waals surface area contributed by atoms with E-state index in [0.717, 1.165) is 37.9 Å². The predicted octanol–water partition coefficient (Wildman–Crippen LogP) is 3.87. The van der Waals surface area contributed by atoms with Gasteiger partial charge >= 0.3 is 5.97 Å². The van der Waals surface area contributed by atoms with Crippen LogP contribution in [0.25, 0.3) is 0 Å². The number of amides is 1. The molecule has 0 unspecified atom stereocenters. The molecule has 1 aliphatic rings. The molecule has 1 fully saturated rings. The van der Waals surface area contributed by atoms with Crippen LogP contribution in [0.4, 0.5) is 5.00 Å². The quantitative estimate of drug-likeness (QED) is 0.611. The van der Waals surface area contributed by atoms with Gasteiger partial charge in [-0.25, -0.2) is 4.79 Å². The van der Waals surface area contributed by atoms with Gasteiger partial charge in [0.1, 0.15) is 5.00 Å². The Morgan fingerprint density at radius 3 is 2.48 bits per heavy atom. The average molecular weight is 424 g/mol. The van der Waals surface area contributed by atoms with Gasteiger partial charge < -0.3 is 15.0 Å². The van der Waals surface area contributed by atoms with Gasteiger partial charge in [-0.3, -0.25) is 9.69 Å². The first-order valence-corrected chi connectivity index (χ1v) is 11.6. The third kappa shape index (κ3) is 6.79. The molecule has 164 valence electrons. The van der Waals surface area contributed by atoms with Crippen molar-refractivity contribution in [3.8, 4) is 0 Å². The van der Waals surface area contributed by atoms with E-state index in [1.165, 1.54) is 11.3 Å². The van der Waals surface area contributed by atoms with Crippen molar-refractivity contribution in [1.29, 1.82) is 0 Å². The van der Waals surface area contributed by atoms with Crippen LogP contribution in [0.1, 0.15) is 63.4 Å². The van der Waals surface area contributed by atoms with Crippen LogP contribution in [-0.4, -0.2) is 67.0 Å². The Morgan fingerprint density at radius 2 is 1.93 bits per heavy atom. The van der Waals surface area contributed by atoms with Gasteiger partial charge in [-0.05, 0) is 77.0 Å². The topological polar surface area (TPSA) is 61.9 Å². The molecule has 6 nitrogen and oxygen atoms in total. The third-order valence-electron chi connectivity index (χ3n) is 5.47. The Labute approximate surface area is 179 Å². The summed E-state index contributed by atoms with van der Waals surface area (Å²) in [5.41, 5.74) is 1.47. The Hall–Kier alpha value is -1.44. The molecule has 0 aliphatic carbocycles. The van der Waals surface area contributed by atoms with Crippen LogP contribution in [0.5, 0.6) is 0 Å². The highest BCUT2D eigenvalue weighted by Crippen LogP contribution is 2.31. The van der Waals surface area contributed by atoms with Crippen molar-refractivity contribution < 1.29 is 14.3 Å². The second-order valence-corrected chi connectivity index (χ2v) is 9.49. The zero-order valence-corrected chi connectivity index (χ0v) is 19.6. The minimum Gasteiger partial charge on any atom is -0.462 e. The summed E-state index contributed by atoms with van der Waals surface area (Å²) in [6.07, 6.45) is 2.94. The molecule has 0 spiro atoms. The Bertz CT molecular complexity index is 679. The van der Waals surface area contributed by atoms with Crippen LogP contribution in [0.2, 0.25) is 0 Å². The van der Waals surface area contributed by atoms with Gasteiger partial charge in [0.15, 0.2) is 0 Å². The normalized spacial score (nSPS) is 16.0. The summed E-state index contributed by atoms with van der Waals surface area (Å²) >= 11 is 1.41. The minimum atomic E-state index is -0.353. The highest BCUT2D eigenvalue weighted by atomic mass is 32.1. The van der Waals surface area contributed by atoms with Gasteiger partial charge in [0.2, 0.25) is 5.91 Å².